The second-order valence-electron chi connectivity index (χ2n) is 3.74. The van der Waals surface area contributed by atoms with Gasteiger partial charge in [0.15, 0.2) is 5.11 Å². The number of amides is 1. The van der Waals surface area contributed by atoms with Gasteiger partial charge in [0.25, 0.3) is 5.91 Å². The van der Waals surface area contributed by atoms with E-state index in [2.05, 4.69) is 11.9 Å². The number of carbonyl (C=O) groups excluding carboxylic acids is 1. The van der Waals surface area contributed by atoms with E-state index in [-0.39, 0.29) is 5.91 Å². The second kappa shape index (κ2) is 5.33. The largest absolute Gasteiger partial charge is 0.328 e. The third kappa shape index (κ3) is 2.60. The summed E-state index contributed by atoms with van der Waals surface area (Å²) in [6.45, 7) is 4.00. The van der Waals surface area contributed by atoms with E-state index >= 15 is 0 Å². The Morgan fingerprint density at radius 3 is 2.67 bits per heavy atom. The fourth-order valence-electron chi connectivity index (χ4n) is 1.59. The predicted octanol–water partition coefficient (Wildman–Crippen LogP) is 2.58. The van der Waals surface area contributed by atoms with E-state index in [0.717, 1.165) is 5.56 Å². The van der Waals surface area contributed by atoms with Crippen molar-refractivity contribution in [2.75, 3.05) is 6.54 Å². The van der Waals surface area contributed by atoms with E-state index in [9.17, 15) is 4.79 Å². The summed E-state index contributed by atoms with van der Waals surface area (Å²) in [7, 11) is 0. The molecule has 0 spiro atoms. The summed E-state index contributed by atoms with van der Waals surface area (Å²) in [5.74, 6) is -0.144. The van der Waals surface area contributed by atoms with Crippen LogP contribution >= 0.6 is 23.8 Å². The first-order valence-corrected chi connectivity index (χ1v) is 6.11. The standard InChI is InChI=1S/C13H11ClN2OS/c1-2-7-16-12(17)11(15-13(16)18)8-9-3-5-10(14)6-4-9/h2-6,8H,1,7H2,(H,15,18)/b11-8+. The second-order valence-corrected chi connectivity index (χ2v) is 4.57. The van der Waals surface area contributed by atoms with Gasteiger partial charge in [0.1, 0.15) is 5.70 Å². The van der Waals surface area contributed by atoms with E-state index in [1.807, 2.05) is 12.1 Å². The SMILES string of the molecule is C=CCN1C(=O)/C(=C\c2ccc(Cl)cc2)NC1=S. The molecule has 1 amide bonds. The van der Waals surface area contributed by atoms with Gasteiger partial charge >= 0.3 is 0 Å². The zero-order valence-electron chi connectivity index (χ0n) is 9.52. The average molecular weight is 279 g/mol. The molecule has 1 heterocycles. The minimum atomic E-state index is -0.144. The van der Waals surface area contributed by atoms with Crippen LogP contribution in [0, 0.1) is 0 Å². The van der Waals surface area contributed by atoms with Crippen LogP contribution in [-0.2, 0) is 4.79 Å². The molecule has 92 valence electrons. The summed E-state index contributed by atoms with van der Waals surface area (Å²) in [6.07, 6.45) is 3.38. The monoisotopic (exact) mass is 278 g/mol. The Morgan fingerprint density at radius 1 is 1.39 bits per heavy atom. The Kier molecular flexibility index (Phi) is 3.79. The molecule has 0 atom stereocenters. The molecule has 3 nitrogen and oxygen atoms in total. The Labute approximate surface area is 116 Å². The first-order valence-electron chi connectivity index (χ1n) is 5.33. The molecule has 1 saturated heterocycles. The fraction of sp³-hybridized carbons (Fsp3) is 0.0769. The van der Waals surface area contributed by atoms with Gasteiger partial charge < -0.3 is 5.32 Å². The molecule has 0 aliphatic carbocycles. The summed E-state index contributed by atoms with van der Waals surface area (Å²) >= 11 is 10.9. The summed E-state index contributed by atoms with van der Waals surface area (Å²) in [5, 5.41) is 3.95. The van der Waals surface area contributed by atoms with E-state index in [1.165, 1.54) is 4.90 Å². The fourth-order valence-corrected chi connectivity index (χ4v) is 1.99. The van der Waals surface area contributed by atoms with Crippen molar-refractivity contribution < 1.29 is 4.79 Å². The zero-order valence-corrected chi connectivity index (χ0v) is 11.1. The maximum atomic E-state index is 12.0. The Bertz CT molecular complexity index is 536. The highest BCUT2D eigenvalue weighted by molar-refractivity contribution is 7.80. The minimum absolute atomic E-state index is 0.144. The van der Waals surface area contributed by atoms with Crippen LogP contribution in [0.25, 0.3) is 6.08 Å². The number of thiocarbonyl (C=S) groups is 1. The third-order valence-corrected chi connectivity index (χ3v) is 3.03. The lowest BCUT2D eigenvalue weighted by Gasteiger charge is -2.09. The van der Waals surface area contributed by atoms with Crippen LogP contribution in [0.2, 0.25) is 5.02 Å². The lowest BCUT2D eigenvalue weighted by molar-refractivity contribution is -0.122. The molecule has 1 aromatic carbocycles. The summed E-state index contributed by atoms with van der Waals surface area (Å²) in [6, 6.07) is 7.22. The van der Waals surface area contributed by atoms with Crippen LogP contribution in [0.5, 0.6) is 0 Å². The average Bonchev–Trinajstić information content (AvgIpc) is 2.60. The highest BCUT2D eigenvalue weighted by Crippen LogP contribution is 2.16. The van der Waals surface area contributed by atoms with Crippen LogP contribution in [-0.4, -0.2) is 22.5 Å². The molecule has 1 fully saturated rings. The van der Waals surface area contributed by atoms with Gasteiger partial charge in [0, 0.05) is 11.6 Å². The summed E-state index contributed by atoms with van der Waals surface area (Å²) in [4.78, 5) is 13.5. The van der Waals surface area contributed by atoms with Gasteiger partial charge in [-0.3, -0.25) is 9.69 Å². The van der Waals surface area contributed by atoms with Gasteiger partial charge in [0.05, 0.1) is 0 Å². The number of rotatable bonds is 3. The van der Waals surface area contributed by atoms with E-state index in [0.29, 0.717) is 22.4 Å². The van der Waals surface area contributed by atoms with Crippen molar-refractivity contribution in [2.45, 2.75) is 0 Å². The van der Waals surface area contributed by atoms with Crippen molar-refractivity contribution in [3.05, 3.63) is 53.2 Å². The van der Waals surface area contributed by atoms with Gasteiger partial charge in [-0.25, -0.2) is 0 Å². The molecule has 5 heteroatoms. The molecule has 1 aromatic rings. The molecular weight excluding hydrogens is 268 g/mol. The molecule has 0 bridgehead atoms. The number of benzene rings is 1. The third-order valence-electron chi connectivity index (χ3n) is 2.45. The van der Waals surface area contributed by atoms with E-state index < -0.39 is 0 Å². The maximum absolute atomic E-state index is 12.0. The first kappa shape index (κ1) is 12.8. The van der Waals surface area contributed by atoms with Crippen LogP contribution in [0.15, 0.2) is 42.6 Å². The molecule has 0 unspecified atom stereocenters. The number of halogens is 1. The van der Waals surface area contributed by atoms with Crippen molar-refractivity contribution in [2.24, 2.45) is 0 Å². The molecule has 0 saturated carbocycles. The number of carbonyl (C=O) groups is 1. The quantitative estimate of drug-likeness (QED) is 0.524. The number of hydrogen-bond acceptors (Lipinski definition) is 2. The Hall–Kier alpha value is -1.65. The van der Waals surface area contributed by atoms with Crippen LogP contribution in [0.4, 0.5) is 0 Å². The molecule has 1 N–H and O–H groups in total. The predicted molar refractivity (Wildman–Crippen MR) is 77.1 cm³/mol. The normalized spacial score (nSPS) is 17.2. The van der Waals surface area contributed by atoms with Crippen molar-refractivity contribution >= 4 is 40.9 Å². The highest BCUT2D eigenvalue weighted by atomic mass is 35.5. The topological polar surface area (TPSA) is 32.3 Å². The van der Waals surface area contributed by atoms with Crippen molar-refractivity contribution in [3.8, 4) is 0 Å². The maximum Gasteiger partial charge on any atom is 0.276 e. The summed E-state index contributed by atoms with van der Waals surface area (Å²) < 4.78 is 0. The van der Waals surface area contributed by atoms with Crippen LogP contribution in [0.1, 0.15) is 5.56 Å². The molecule has 18 heavy (non-hydrogen) atoms. The zero-order chi connectivity index (χ0) is 13.1. The molecule has 0 radical (unpaired) electrons. The Morgan fingerprint density at radius 2 is 2.06 bits per heavy atom. The smallest absolute Gasteiger partial charge is 0.276 e. The van der Waals surface area contributed by atoms with Crippen molar-refractivity contribution in [1.82, 2.24) is 10.2 Å². The lowest BCUT2D eigenvalue weighted by Crippen LogP contribution is -2.30. The summed E-state index contributed by atoms with van der Waals surface area (Å²) in [5.41, 5.74) is 1.35. The van der Waals surface area contributed by atoms with Gasteiger partial charge in [-0.05, 0) is 36.0 Å². The molecule has 1 aliphatic rings. The van der Waals surface area contributed by atoms with Gasteiger partial charge in [-0.2, -0.15) is 0 Å². The number of nitrogens with one attached hydrogen (secondary N) is 1. The highest BCUT2D eigenvalue weighted by Gasteiger charge is 2.29. The number of nitrogens with zero attached hydrogens (tertiary/aromatic N) is 1. The van der Waals surface area contributed by atoms with E-state index in [4.69, 9.17) is 23.8 Å². The molecule has 1 aliphatic heterocycles. The van der Waals surface area contributed by atoms with Gasteiger partial charge in [0.2, 0.25) is 0 Å². The Balaban J connectivity index is 2.24. The first-order chi connectivity index (χ1) is 8.61. The molecule has 2 rings (SSSR count). The van der Waals surface area contributed by atoms with E-state index in [1.54, 1.807) is 24.3 Å². The van der Waals surface area contributed by atoms with Crippen molar-refractivity contribution in [1.29, 1.82) is 0 Å². The van der Waals surface area contributed by atoms with Gasteiger partial charge in [-0.1, -0.05) is 29.8 Å². The molecule has 0 aromatic heterocycles. The van der Waals surface area contributed by atoms with Crippen LogP contribution in [0.3, 0.4) is 0 Å². The molecular formula is C13H11ClN2OS. The minimum Gasteiger partial charge on any atom is -0.328 e. The number of hydrogen-bond donors (Lipinski definition) is 1. The van der Waals surface area contributed by atoms with Crippen molar-refractivity contribution in [3.63, 3.8) is 0 Å². The van der Waals surface area contributed by atoms with Gasteiger partial charge in [-0.15, -0.1) is 6.58 Å². The lowest BCUT2D eigenvalue weighted by atomic mass is 10.2. The van der Waals surface area contributed by atoms with Crippen LogP contribution < -0.4 is 5.32 Å².